The predicted molar refractivity (Wildman–Crippen MR) is 103 cm³/mol. The van der Waals surface area contributed by atoms with Crippen molar-refractivity contribution in [2.45, 2.75) is 31.9 Å². The minimum absolute atomic E-state index is 0.0469. The molecule has 1 amide bonds. The number of hydrogen-bond acceptors (Lipinski definition) is 3. The van der Waals surface area contributed by atoms with Crippen LogP contribution >= 0.6 is 23.2 Å². The second-order valence-corrected chi connectivity index (χ2v) is 7.14. The van der Waals surface area contributed by atoms with E-state index in [0.717, 1.165) is 30.7 Å². The second-order valence-electron chi connectivity index (χ2n) is 6.30. The van der Waals surface area contributed by atoms with E-state index in [1.54, 1.807) is 32.2 Å². The fourth-order valence-corrected chi connectivity index (χ4v) is 3.70. The summed E-state index contributed by atoms with van der Waals surface area (Å²) in [7, 11) is 1.64. The molecule has 2 atom stereocenters. The smallest absolute Gasteiger partial charge is 0.263 e. The number of halogens is 2. The van der Waals surface area contributed by atoms with Crippen molar-refractivity contribution in [3.63, 3.8) is 0 Å². The van der Waals surface area contributed by atoms with E-state index in [0.29, 0.717) is 15.8 Å². The largest absolute Gasteiger partial charge is 0.497 e. The Balaban J connectivity index is 1.72. The van der Waals surface area contributed by atoms with E-state index in [4.69, 9.17) is 32.7 Å². The third-order valence-corrected chi connectivity index (χ3v) is 5.11. The Morgan fingerprint density at radius 1 is 1.19 bits per heavy atom. The van der Waals surface area contributed by atoms with E-state index in [1.807, 2.05) is 29.2 Å². The fourth-order valence-electron chi connectivity index (χ4n) is 3.25. The average molecular weight is 394 g/mol. The first kappa shape index (κ1) is 18.9. The van der Waals surface area contributed by atoms with Crippen LogP contribution in [0.3, 0.4) is 0 Å². The molecule has 0 aromatic heterocycles. The van der Waals surface area contributed by atoms with Crippen LogP contribution in [0.1, 0.15) is 31.4 Å². The van der Waals surface area contributed by atoms with Crippen molar-refractivity contribution in [3.8, 4) is 11.5 Å². The van der Waals surface area contributed by atoms with E-state index < -0.39 is 6.10 Å². The lowest BCUT2D eigenvalue weighted by molar-refractivity contribution is -0.138. The Morgan fingerprint density at radius 2 is 1.92 bits per heavy atom. The predicted octanol–water partition coefficient (Wildman–Crippen LogP) is 5.13. The van der Waals surface area contributed by atoms with Crippen molar-refractivity contribution >= 4 is 29.1 Å². The van der Waals surface area contributed by atoms with Crippen LogP contribution < -0.4 is 9.47 Å². The van der Waals surface area contributed by atoms with Crippen LogP contribution in [0.2, 0.25) is 10.0 Å². The first-order valence-corrected chi connectivity index (χ1v) is 9.31. The summed E-state index contributed by atoms with van der Waals surface area (Å²) in [6, 6.07) is 12.9. The number of benzene rings is 2. The van der Waals surface area contributed by atoms with Crippen LogP contribution in [0.25, 0.3) is 0 Å². The van der Waals surface area contributed by atoms with Crippen LogP contribution in [-0.4, -0.2) is 30.6 Å². The van der Waals surface area contributed by atoms with E-state index in [-0.39, 0.29) is 11.9 Å². The molecule has 26 heavy (non-hydrogen) atoms. The van der Waals surface area contributed by atoms with Gasteiger partial charge in [-0.15, -0.1) is 0 Å². The highest BCUT2D eigenvalue weighted by molar-refractivity contribution is 6.35. The number of hydrogen-bond donors (Lipinski definition) is 0. The van der Waals surface area contributed by atoms with Crippen molar-refractivity contribution in [3.05, 3.63) is 58.1 Å². The molecule has 0 saturated carbocycles. The van der Waals surface area contributed by atoms with Gasteiger partial charge in [-0.25, -0.2) is 0 Å². The SMILES string of the molecule is COc1ccc(C2CCCN2C(=O)C(C)Oc2ccc(Cl)cc2Cl)cc1. The van der Waals surface area contributed by atoms with Gasteiger partial charge in [-0.3, -0.25) is 4.79 Å². The Labute approximate surface area is 163 Å². The highest BCUT2D eigenvalue weighted by Gasteiger charge is 2.33. The molecule has 6 heteroatoms. The van der Waals surface area contributed by atoms with Gasteiger partial charge in [-0.05, 0) is 55.7 Å². The van der Waals surface area contributed by atoms with Crippen molar-refractivity contribution in [2.24, 2.45) is 0 Å². The van der Waals surface area contributed by atoms with Gasteiger partial charge >= 0.3 is 0 Å². The molecule has 2 unspecified atom stereocenters. The molecule has 0 spiro atoms. The Bertz CT molecular complexity index is 779. The van der Waals surface area contributed by atoms with Crippen LogP contribution in [0, 0.1) is 0 Å². The summed E-state index contributed by atoms with van der Waals surface area (Å²) >= 11 is 12.0. The molecule has 3 rings (SSSR count). The van der Waals surface area contributed by atoms with Gasteiger partial charge in [0.15, 0.2) is 6.10 Å². The zero-order chi connectivity index (χ0) is 18.7. The third-order valence-electron chi connectivity index (χ3n) is 4.58. The number of likely N-dealkylation sites (tertiary alicyclic amines) is 1. The van der Waals surface area contributed by atoms with E-state index >= 15 is 0 Å². The lowest BCUT2D eigenvalue weighted by Crippen LogP contribution is -2.40. The molecule has 1 saturated heterocycles. The topological polar surface area (TPSA) is 38.8 Å². The summed E-state index contributed by atoms with van der Waals surface area (Å²) in [6.45, 7) is 2.47. The highest BCUT2D eigenvalue weighted by atomic mass is 35.5. The van der Waals surface area contributed by atoms with Crippen LogP contribution in [-0.2, 0) is 4.79 Å². The molecule has 1 fully saturated rings. The maximum absolute atomic E-state index is 12.9. The summed E-state index contributed by atoms with van der Waals surface area (Å²) in [4.78, 5) is 14.8. The zero-order valence-electron chi connectivity index (χ0n) is 14.7. The molecule has 0 aliphatic carbocycles. The Kier molecular flexibility index (Phi) is 5.94. The van der Waals surface area contributed by atoms with E-state index in [1.165, 1.54) is 0 Å². The molecule has 2 aromatic rings. The number of rotatable bonds is 5. The van der Waals surface area contributed by atoms with Crippen LogP contribution in [0.4, 0.5) is 0 Å². The summed E-state index contributed by atoms with van der Waals surface area (Å²) in [6.07, 6.45) is 1.27. The van der Waals surface area contributed by atoms with E-state index in [9.17, 15) is 4.79 Å². The summed E-state index contributed by atoms with van der Waals surface area (Å²) in [5.74, 6) is 1.21. The Morgan fingerprint density at radius 3 is 2.58 bits per heavy atom. The van der Waals surface area contributed by atoms with E-state index in [2.05, 4.69) is 0 Å². The van der Waals surface area contributed by atoms with Gasteiger partial charge in [0.25, 0.3) is 5.91 Å². The summed E-state index contributed by atoms with van der Waals surface area (Å²) in [5, 5.41) is 0.922. The number of nitrogens with zero attached hydrogens (tertiary/aromatic N) is 1. The monoisotopic (exact) mass is 393 g/mol. The standard InChI is InChI=1S/C20H21Cl2NO3/c1-13(26-19-10-7-15(21)12-17(19)22)20(24)23-11-3-4-18(23)14-5-8-16(25-2)9-6-14/h5-10,12-13,18H,3-4,11H2,1-2H3. The molecule has 0 bridgehead atoms. The molecule has 0 radical (unpaired) electrons. The Hall–Kier alpha value is -1.91. The van der Waals surface area contributed by atoms with Crippen molar-refractivity contribution in [1.82, 2.24) is 4.90 Å². The summed E-state index contributed by atoms with van der Waals surface area (Å²) in [5.41, 5.74) is 1.10. The maximum atomic E-state index is 12.9. The minimum atomic E-state index is -0.632. The molecule has 4 nitrogen and oxygen atoms in total. The van der Waals surface area contributed by atoms with Gasteiger partial charge in [0.05, 0.1) is 18.2 Å². The number of ether oxygens (including phenoxy) is 2. The molecular formula is C20H21Cl2NO3. The fraction of sp³-hybridized carbons (Fsp3) is 0.350. The van der Waals surface area contributed by atoms with Gasteiger partial charge in [-0.1, -0.05) is 35.3 Å². The minimum Gasteiger partial charge on any atom is -0.497 e. The number of amides is 1. The maximum Gasteiger partial charge on any atom is 0.263 e. The molecule has 138 valence electrons. The van der Waals surface area contributed by atoms with Gasteiger partial charge in [0, 0.05) is 11.6 Å². The van der Waals surface area contributed by atoms with Gasteiger partial charge in [-0.2, -0.15) is 0 Å². The van der Waals surface area contributed by atoms with Gasteiger partial charge < -0.3 is 14.4 Å². The lowest BCUT2D eigenvalue weighted by atomic mass is 10.0. The van der Waals surface area contributed by atoms with Crippen molar-refractivity contribution < 1.29 is 14.3 Å². The molecule has 2 aromatic carbocycles. The van der Waals surface area contributed by atoms with Crippen molar-refractivity contribution in [1.29, 1.82) is 0 Å². The molecule has 1 aliphatic heterocycles. The first-order valence-electron chi connectivity index (χ1n) is 8.55. The quantitative estimate of drug-likeness (QED) is 0.706. The molecule has 1 aliphatic rings. The van der Waals surface area contributed by atoms with Crippen molar-refractivity contribution in [2.75, 3.05) is 13.7 Å². The number of methoxy groups -OCH3 is 1. The van der Waals surface area contributed by atoms with Crippen LogP contribution in [0.5, 0.6) is 11.5 Å². The normalized spacial score (nSPS) is 17.8. The summed E-state index contributed by atoms with van der Waals surface area (Å²) < 4.78 is 11.0. The van der Waals surface area contributed by atoms with Gasteiger partial charge in [0.2, 0.25) is 0 Å². The third kappa shape index (κ3) is 4.08. The lowest BCUT2D eigenvalue weighted by Gasteiger charge is -2.28. The average Bonchev–Trinajstić information content (AvgIpc) is 3.13. The first-order chi connectivity index (χ1) is 12.5. The number of carbonyl (C=O) groups is 1. The van der Waals surface area contributed by atoms with Gasteiger partial charge in [0.1, 0.15) is 11.5 Å². The molecule has 1 heterocycles. The number of carbonyl (C=O) groups excluding carboxylic acids is 1. The highest BCUT2D eigenvalue weighted by Crippen LogP contribution is 2.34. The zero-order valence-corrected chi connectivity index (χ0v) is 16.3. The molecular weight excluding hydrogens is 373 g/mol. The van der Waals surface area contributed by atoms with Crippen LogP contribution in [0.15, 0.2) is 42.5 Å². The molecule has 0 N–H and O–H groups in total. The second kappa shape index (κ2) is 8.19.